The Morgan fingerprint density at radius 1 is 1.24 bits per heavy atom. The standard InChI is InChI=1S/C14H20ClNO/c15-14-8-4-3-6-12(14)10-16-9-5-1-2-7-13(16)11-17/h3-4,6,8,13,17H,1-2,5,7,9-11H2. The SMILES string of the molecule is OCC1CCCCCN1Cc1ccccc1Cl. The number of aliphatic hydroxyl groups is 1. The molecule has 0 bridgehead atoms. The van der Waals surface area contributed by atoms with Gasteiger partial charge in [-0.25, -0.2) is 0 Å². The van der Waals surface area contributed by atoms with Crippen molar-refractivity contribution in [2.24, 2.45) is 0 Å². The normalized spacial score (nSPS) is 22.4. The first kappa shape index (κ1) is 12.9. The molecule has 1 aromatic rings. The largest absolute Gasteiger partial charge is 0.395 e. The van der Waals surface area contributed by atoms with E-state index in [1.807, 2.05) is 18.2 Å². The number of halogens is 1. The lowest BCUT2D eigenvalue weighted by Gasteiger charge is -2.28. The van der Waals surface area contributed by atoms with E-state index in [2.05, 4.69) is 11.0 Å². The van der Waals surface area contributed by atoms with Crippen molar-refractivity contribution in [3.8, 4) is 0 Å². The minimum atomic E-state index is 0.254. The zero-order chi connectivity index (χ0) is 12.1. The lowest BCUT2D eigenvalue weighted by atomic mass is 10.1. The molecule has 94 valence electrons. The van der Waals surface area contributed by atoms with Gasteiger partial charge in [-0.1, -0.05) is 42.6 Å². The van der Waals surface area contributed by atoms with Gasteiger partial charge < -0.3 is 5.11 Å². The van der Waals surface area contributed by atoms with E-state index in [-0.39, 0.29) is 6.61 Å². The van der Waals surface area contributed by atoms with Crippen LogP contribution >= 0.6 is 11.6 Å². The highest BCUT2D eigenvalue weighted by atomic mass is 35.5. The number of hydrogen-bond donors (Lipinski definition) is 1. The van der Waals surface area contributed by atoms with Crippen LogP contribution in [0.25, 0.3) is 0 Å². The molecule has 1 heterocycles. The monoisotopic (exact) mass is 253 g/mol. The van der Waals surface area contributed by atoms with Gasteiger partial charge in [-0.2, -0.15) is 0 Å². The van der Waals surface area contributed by atoms with Crippen molar-refractivity contribution in [2.75, 3.05) is 13.2 Å². The highest BCUT2D eigenvalue weighted by Gasteiger charge is 2.20. The first-order chi connectivity index (χ1) is 8.31. The van der Waals surface area contributed by atoms with Crippen molar-refractivity contribution < 1.29 is 5.11 Å². The molecule has 1 aromatic carbocycles. The van der Waals surface area contributed by atoms with Gasteiger partial charge in [0.05, 0.1) is 6.61 Å². The van der Waals surface area contributed by atoms with E-state index in [0.29, 0.717) is 6.04 Å². The topological polar surface area (TPSA) is 23.5 Å². The molecule has 2 nitrogen and oxygen atoms in total. The number of hydrogen-bond acceptors (Lipinski definition) is 2. The maximum atomic E-state index is 9.46. The van der Waals surface area contributed by atoms with Gasteiger partial charge >= 0.3 is 0 Å². The fourth-order valence-electron chi connectivity index (χ4n) is 2.50. The minimum absolute atomic E-state index is 0.254. The highest BCUT2D eigenvalue weighted by molar-refractivity contribution is 6.31. The summed E-state index contributed by atoms with van der Waals surface area (Å²) in [7, 11) is 0. The van der Waals surface area contributed by atoms with E-state index >= 15 is 0 Å². The van der Waals surface area contributed by atoms with Crippen LogP contribution in [-0.4, -0.2) is 29.2 Å². The Morgan fingerprint density at radius 2 is 2.06 bits per heavy atom. The third kappa shape index (κ3) is 3.44. The Morgan fingerprint density at radius 3 is 2.82 bits per heavy atom. The molecular weight excluding hydrogens is 234 g/mol. The Bertz CT molecular complexity index is 356. The smallest absolute Gasteiger partial charge is 0.0586 e. The molecule has 0 radical (unpaired) electrons. The average Bonchev–Trinajstić information content (AvgIpc) is 2.57. The predicted molar refractivity (Wildman–Crippen MR) is 71.2 cm³/mol. The molecule has 0 amide bonds. The molecule has 3 heteroatoms. The summed E-state index contributed by atoms with van der Waals surface area (Å²) in [4.78, 5) is 2.37. The van der Waals surface area contributed by atoms with E-state index in [9.17, 15) is 5.11 Å². The van der Waals surface area contributed by atoms with Crippen LogP contribution in [0.2, 0.25) is 5.02 Å². The van der Waals surface area contributed by atoms with Gasteiger partial charge in [0.25, 0.3) is 0 Å². The summed E-state index contributed by atoms with van der Waals surface area (Å²) >= 11 is 6.19. The van der Waals surface area contributed by atoms with Crippen molar-refractivity contribution in [2.45, 2.75) is 38.3 Å². The Labute approximate surface area is 108 Å². The maximum absolute atomic E-state index is 9.46. The Balaban J connectivity index is 2.07. The molecule has 1 unspecified atom stereocenters. The van der Waals surface area contributed by atoms with Crippen LogP contribution in [0.3, 0.4) is 0 Å². The van der Waals surface area contributed by atoms with Crippen LogP contribution in [0.4, 0.5) is 0 Å². The van der Waals surface area contributed by atoms with Gasteiger partial charge in [0.15, 0.2) is 0 Å². The Kier molecular flexibility index (Phi) is 4.84. The van der Waals surface area contributed by atoms with Crippen LogP contribution in [0, 0.1) is 0 Å². The van der Waals surface area contributed by atoms with Crippen molar-refractivity contribution >= 4 is 11.6 Å². The van der Waals surface area contributed by atoms with Crippen molar-refractivity contribution in [3.63, 3.8) is 0 Å². The fraction of sp³-hybridized carbons (Fsp3) is 0.571. The van der Waals surface area contributed by atoms with Crippen LogP contribution < -0.4 is 0 Å². The third-order valence-corrected chi connectivity index (χ3v) is 3.91. The molecule has 17 heavy (non-hydrogen) atoms. The lowest BCUT2D eigenvalue weighted by molar-refractivity contribution is 0.118. The zero-order valence-corrected chi connectivity index (χ0v) is 10.9. The second kappa shape index (κ2) is 6.39. The van der Waals surface area contributed by atoms with Gasteiger partial charge in [-0.3, -0.25) is 4.90 Å². The zero-order valence-electron chi connectivity index (χ0n) is 10.1. The van der Waals surface area contributed by atoms with E-state index in [1.165, 1.54) is 19.3 Å². The predicted octanol–water partition coefficient (Wildman–Crippen LogP) is 3.08. The number of benzene rings is 1. The van der Waals surface area contributed by atoms with Gasteiger partial charge in [0.1, 0.15) is 0 Å². The summed E-state index contributed by atoms with van der Waals surface area (Å²) in [6.45, 7) is 2.17. The van der Waals surface area contributed by atoms with E-state index < -0.39 is 0 Å². The first-order valence-electron chi connectivity index (χ1n) is 6.39. The van der Waals surface area contributed by atoms with Crippen LogP contribution in [0.5, 0.6) is 0 Å². The molecule has 0 saturated carbocycles. The summed E-state index contributed by atoms with van der Waals surface area (Å²) in [5, 5.41) is 10.3. The molecule has 0 aliphatic carbocycles. The second-order valence-corrected chi connectivity index (χ2v) is 5.15. The average molecular weight is 254 g/mol. The molecule has 1 atom stereocenters. The molecule has 1 N–H and O–H groups in total. The van der Waals surface area contributed by atoms with Gasteiger partial charge in [0.2, 0.25) is 0 Å². The van der Waals surface area contributed by atoms with Crippen LogP contribution in [0.1, 0.15) is 31.2 Å². The summed E-state index contributed by atoms with van der Waals surface area (Å²) < 4.78 is 0. The van der Waals surface area contributed by atoms with Crippen molar-refractivity contribution in [3.05, 3.63) is 34.9 Å². The number of nitrogens with zero attached hydrogens (tertiary/aromatic N) is 1. The van der Waals surface area contributed by atoms with E-state index in [1.54, 1.807) is 0 Å². The third-order valence-electron chi connectivity index (χ3n) is 3.54. The second-order valence-electron chi connectivity index (χ2n) is 4.75. The Hall–Kier alpha value is -0.570. The molecule has 0 spiro atoms. The molecule has 0 aromatic heterocycles. The first-order valence-corrected chi connectivity index (χ1v) is 6.77. The quantitative estimate of drug-likeness (QED) is 0.895. The van der Waals surface area contributed by atoms with Crippen LogP contribution in [-0.2, 0) is 6.54 Å². The lowest BCUT2D eigenvalue weighted by Crippen LogP contribution is -2.36. The highest BCUT2D eigenvalue weighted by Crippen LogP contribution is 2.22. The molecule has 1 aliphatic rings. The molecule has 1 fully saturated rings. The molecule has 1 saturated heterocycles. The van der Waals surface area contributed by atoms with E-state index in [4.69, 9.17) is 11.6 Å². The molecule has 2 rings (SSSR count). The van der Waals surface area contributed by atoms with Crippen molar-refractivity contribution in [1.82, 2.24) is 4.90 Å². The number of rotatable bonds is 3. The van der Waals surface area contributed by atoms with Gasteiger partial charge in [-0.05, 0) is 31.0 Å². The molecule has 1 aliphatic heterocycles. The summed E-state index contributed by atoms with van der Waals surface area (Å²) in [6, 6.07) is 8.28. The van der Waals surface area contributed by atoms with Gasteiger partial charge in [0, 0.05) is 17.6 Å². The maximum Gasteiger partial charge on any atom is 0.0586 e. The minimum Gasteiger partial charge on any atom is -0.395 e. The number of likely N-dealkylation sites (tertiary alicyclic amines) is 1. The summed E-state index contributed by atoms with van der Waals surface area (Å²) in [5.74, 6) is 0. The van der Waals surface area contributed by atoms with Gasteiger partial charge in [-0.15, -0.1) is 0 Å². The van der Waals surface area contributed by atoms with E-state index in [0.717, 1.165) is 30.1 Å². The fourth-order valence-corrected chi connectivity index (χ4v) is 2.69. The van der Waals surface area contributed by atoms with Crippen LogP contribution in [0.15, 0.2) is 24.3 Å². The summed E-state index contributed by atoms with van der Waals surface area (Å²) in [5.41, 5.74) is 1.16. The molecular formula is C14H20ClNO. The number of aliphatic hydroxyl groups excluding tert-OH is 1. The summed E-state index contributed by atoms with van der Waals surface area (Å²) in [6.07, 6.45) is 4.82. The van der Waals surface area contributed by atoms with Crippen molar-refractivity contribution in [1.29, 1.82) is 0 Å².